The Balaban J connectivity index is 1.10. The highest BCUT2D eigenvalue weighted by Crippen LogP contribution is 2.62. The van der Waals surface area contributed by atoms with Gasteiger partial charge in [-0.05, 0) is 12.1 Å². The number of aromatic nitrogens is 8. The first-order chi connectivity index (χ1) is 27.7. The SMILES string of the molecule is N#CCCOP1(=O)OCC2OC(n3cnc4c(NC(=O)c5ccccc5)ncnc43)C[C@@H]2P(=O)(OCCC#N)OCC2OC(n3cnc4c(=O)[nH]cnc43)C[C@@H]2O1. The molecule has 1 amide bonds. The molecule has 57 heavy (non-hydrogen) atoms. The van der Waals surface area contributed by atoms with Crippen LogP contribution >= 0.6 is 15.4 Å². The van der Waals surface area contributed by atoms with Gasteiger partial charge in [0.05, 0.1) is 82.2 Å². The number of nitrogens with zero attached hydrogens (tertiary/aromatic N) is 9. The van der Waals surface area contributed by atoms with Crippen molar-refractivity contribution in [3.05, 3.63) is 71.6 Å². The Morgan fingerprint density at radius 3 is 2.32 bits per heavy atom. The number of H-pyrrole nitrogens is 1. The van der Waals surface area contributed by atoms with Gasteiger partial charge in [-0.25, -0.2) is 29.5 Å². The van der Waals surface area contributed by atoms with E-state index in [1.54, 1.807) is 34.9 Å². The van der Waals surface area contributed by atoms with Crippen LogP contribution in [0.4, 0.5) is 5.82 Å². The number of ether oxygens (including phenoxy) is 2. The number of carbonyl (C=O) groups is 1. The van der Waals surface area contributed by atoms with E-state index in [9.17, 15) is 29.2 Å². The lowest BCUT2D eigenvalue weighted by atomic mass is 10.2. The molecule has 3 fully saturated rings. The first-order valence-electron chi connectivity index (χ1n) is 17.6. The maximum absolute atomic E-state index is 15.0. The fraction of sp³-hybridized carbons (Fsp3) is 0.424. The summed E-state index contributed by atoms with van der Waals surface area (Å²) in [6.45, 7) is -1.47. The van der Waals surface area contributed by atoms with Crippen molar-refractivity contribution >= 4 is 49.5 Å². The third-order valence-electron chi connectivity index (χ3n) is 9.43. The lowest BCUT2D eigenvalue weighted by Gasteiger charge is -2.27. The van der Waals surface area contributed by atoms with Crippen molar-refractivity contribution in [2.75, 3.05) is 31.7 Å². The number of phosphoric acid groups is 1. The molecule has 6 unspecified atom stereocenters. The van der Waals surface area contributed by atoms with Gasteiger partial charge >= 0.3 is 15.4 Å². The molecule has 0 aliphatic carbocycles. The monoisotopic (exact) mass is 821 g/mol. The highest BCUT2D eigenvalue weighted by atomic mass is 31.2. The molecule has 2 N–H and O–H groups in total. The first kappa shape index (κ1) is 38.6. The lowest BCUT2D eigenvalue weighted by molar-refractivity contribution is -0.0445. The quantitative estimate of drug-likeness (QED) is 0.150. The van der Waals surface area contributed by atoms with Crippen LogP contribution in [0.5, 0.6) is 0 Å². The summed E-state index contributed by atoms with van der Waals surface area (Å²) in [6.07, 6.45) is -0.0544. The summed E-state index contributed by atoms with van der Waals surface area (Å²) in [5.74, 6) is -0.274. The Bertz CT molecular complexity index is 2520. The summed E-state index contributed by atoms with van der Waals surface area (Å²) in [5.41, 5.74) is -0.360. The van der Waals surface area contributed by atoms with Gasteiger partial charge < -0.3 is 28.8 Å². The number of aromatic amines is 1. The number of anilines is 1. The van der Waals surface area contributed by atoms with Crippen molar-refractivity contribution in [1.82, 2.24) is 39.0 Å². The molecule has 0 bridgehead atoms. The van der Waals surface area contributed by atoms with Gasteiger partial charge in [0, 0.05) is 18.4 Å². The van der Waals surface area contributed by atoms with E-state index in [-0.39, 0.29) is 67.0 Å². The zero-order chi connectivity index (χ0) is 39.6. The molecule has 8 rings (SSSR count). The number of nitrogens with one attached hydrogen (secondary N) is 2. The standard InChI is InChI=1S/C33H33N11O11P2/c34-8-4-10-49-56(47)24-13-26(44-18-40-27-29(36-16-37-30(27)44)42-32(45)20-6-2-1-3-7-20)54-23(24)15-52-57(48,50-11-5-9-35)55-21-12-25(53-22(21)14-51-56)43-19-41-28-31(43)38-17-39-33(28)46/h1-3,6-7,16-19,21-26H,4-5,10-15H2,(H,38,39,46)(H,36,37,42,45)/t21-,22?,23?,24-,25?,26?,56?,57?/m0/s1. The van der Waals surface area contributed by atoms with Crippen LogP contribution < -0.4 is 10.9 Å². The van der Waals surface area contributed by atoms with Gasteiger partial charge in [-0.15, -0.1) is 0 Å². The van der Waals surface area contributed by atoms with Crippen LogP contribution in [-0.2, 0) is 41.2 Å². The number of phosphoric ester groups is 1. The fourth-order valence-corrected chi connectivity index (χ4v) is 10.3. The second-order valence-electron chi connectivity index (χ2n) is 12.9. The van der Waals surface area contributed by atoms with Crippen molar-refractivity contribution in [3.8, 4) is 12.1 Å². The van der Waals surface area contributed by atoms with Gasteiger partial charge in [-0.3, -0.25) is 36.9 Å². The van der Waals surface area contributed by atoms with Gasteiger partial charge in [-0.2, -0.15) is 10.5 Å². The van der Waals surface area contributed by atoms with Crippen LogP contribution in [-0.4, -0.2) is 95.3 Å². The smallest absolute Gasteiger partial charge is 0.351 e. The number of fused-ring (bicyclic) bond motifs is 4. The van der Waals surface area contributed by atoms with Gasteiger partial charge in [0.25, 0.3) is 11.5 Å². The van der Waals surface area contributed by atoms with Crippen LogP contribution in [0.15, 0.2) is 60.4 Å². The second-order valence-corrected chi connectivity index (χ2v) is 16.8. The summed E-state index contributed by atoms with van der Waals surface area (Å²) >= 11 is 0. The van der Waals surface area contributed by atoms with E-state index in [1.165, 1.54) is 29.9 Å². The maximum atomic E-state index is 15.0. The number of benzene rings is 1. The molecule has 0 radical (unpaired) electrons. The van der Waals surface area contributed by atoms with Gasteiger partial charge in [0.15, 0.2) is 28.1 Å². The molecule has 3 aliphatic heterocycles. The Labute approximate surface area is 322 Å². The predicted octanol–water partition coefficient (Wildman–Crippen LogP) is 3.75. The van der Waals surface area contributed by atoms with E-state index in [4.69, 9.17) is 32.1 Å². The van der Waals surface area contributed by atoms with E-state index < -0.39 is 76.5 Å². The van der Waals surface area contributed by atoms with Crippen LogP contribution in [0, 0.1) is 22.7 Å². The minimum absolute atomic E-state index is 0.0112. The van der Waals surface area contributed by atoms with Gasteiger partial charge in [-0.1, -0.05) is 18.2 Å². The molecule has 8 atom stereocenters. The largest absolute Gasteiger partial charge is 0.475 e. The predicted molar refractivity (Wildman–Crippen MR) is 193 cm³/mol. The summed E-state index contributed by atoms with van der Waals surface area (Å²) in [5, 5.41) is 21.2. The Morgan fingerprint density at radius 1 is 0.860 bits per heavy atom. The fourth-order valence-electron chi connectivity index (χ4n) is 6.75. The Kier molecular flexibility index (Phi) is 11.1. The molecular weight excluding hydrogens is 788 g/mol. The van der Waals surface area contributed by atoms with Gasteiger partial charge in [0.1, 0.15) is 31.0 Å². The number of nitriles is 2. The molecule has 296 valence electrons. The number of hydrogen-bond donors (Lipinski definition) is 2. The molecule has 3 saturated heterocycles. The van der Waals surface area contributed by atoms with E-state index >= 15 is 0 Å². The molecule has 0 saturated carbocycles. The molecule has 22 nitrogen and oxygen atoms in total. The third kappa shape index (κ3) is 7.88. The number of rotatable bonds is 10. The van der Waals surface area contributed by atoms with Crippen LogP contribution in [0.3, 0.4) is 0 Å². The van der Waals surface area contributed by atoms with Crippen molar-refractivity contribution in [1.29, 1.82) is 10.5 Å². The van der Waals surface area contributed by atoms with Crippen molar-refractivity contribution < 1.29 is 46.0 Å². The van der Waals surface area contributed by atoms with E-state index in [0.29, 0.717) is 5.56 Å². The normalized spacial score (nSPS) is 28.9. The van der Waals surface area contributed by atoms with Crippen molar-refractivity contribution in [2.24, 2.45) is 0 Å². The molecule has 24 heteroatoms. The highest BCUT2D eigenvalue weighted by molar-refractivity contribution is 7.54. The maximum Gasteiger partial charge on any atom is 0.475 e. The molecule has 1 aromatic carbocycles. The number of hydrogen-bond acceptors (Lipinski definition) is 18. The summed E-state index contributed by atoms with van der Waals surface area (Å²) in [6, 6.07) is 12.4. The van der Waals surface area contributed by atoms with E-state index in [2.05, 4.69) is 35.2 Å². The lowest BCUT2D eigenvalue weighted by Crippen LogP contribution is -2.30. The summed E-state index contributed by atoms with van der Waals surface area (Å²) in [7, 11) is -8.76. The third-order valence-corrected chi connectivity index (χ3v) is 13.3. The molecule has 0 spiro atoms. The molecule has 5 aromatic rings. The second kappa shape index (κ2) is 16.3. The van der Waals surface area contributed by atoms with E-state index in [0.717, 1.165) is 0 Å². The van der Waals surface area contributed by atoms with Crippen LogP contribution in [0.1, 0.15) is 48.5 Å². The zero-order valence-electron chi connectivity index (χ0n) is 29.7. The Morgan fingerprint density at radius 2 is 1.54 bits per heavy atom. The highest BCUT2D eigenvalue weighted by Gasteiger charge is 2.53. The van der Waals surface area contributed by atoms with Crippen LogP contribution in [0.2, 0.25) is 0 Å². The minimum atomic E-state index is -4.51. The summed E-state index contributed by atoms with van der Waals surface area (Å²) in [4.78, 5) is 49.2. The zero-order valence-corrected chi connectivity index (χ0v) is 31.5. The summed E-state index contributed by atoms with van der Waals surface area (Å²) < 4.78 is 74.6. The number of amides is 1. The molecule has 3 aliphatic rings. The topological polar surface area (TPSA) is 283 Å². The number of imidazole rings is 2. The average molecular weight is 822 g/mol. The Hall–Kier alpha value is -5.25. The van der Waals surface area contributed by atoms with E-state index in [1.807, 2.05) is 12.1 Å². The molecule has 4 aromatic heterocycles. The van der Waals surface area contributed by atoms with Crippen LogP contribution in [0.25, 0.3) is 22.3 Å². The van der Waals surface area contributed by atoms with Gasteiger partial charge in [0.2, 0.25) is 0 Å². The number of carbonyl (C=O) groups excluding carboxylic acids is 1. The minimum Gasteiger partial charge on any atom is -0.351 e. The van der Waals surface area contributed by atoms with Crippen molar-refractivity contribution in [3.63, 3.8) is 0 Å². The average Bonchev–Trinajstić information content (AvgIpc) is 4.02. The van der Waals surface area contributed by atoms with Crippen molar-refractivity contribution in [2.45, 2.75) is 62.1 Å². The first-order valence-corrected chi connectivity index (χ1v) is 20.7. The molecule has 7 heterocycles. The molecular formula is C33H33N11O11P2.